The van der Waals surface area contributed by atoms with Crippen molar-refractivity contribution in [3.05, 3.63) is 19.8 Å². The fourth-order valence-corrected chi connectivity index (χ4v) is 3.37. The zero-order chi connectivity index (χ0) is 10.0. The SMILES string of the molecule is Cc1sc(C)c(C(N)CCO)c1Br. The molecule has 1 heterocycles. The van der Waals surface area contributed by atoms with Crippen molar-refractivity contribution < 1.29 is 5.11 Å². The van der Waals surface area contributed by atoms with E-state index < -0.39 is 0 Å². The van der Waals surface area contributed by atoms with E-state index in [0.717, 1.165) is 10.0 Å². The lowest BCUT2D eigenvalue weighted by Crippen LogP contribution is -2.12. The maximum atomic E-state index is 8.79. The third kappa shape index (κ3) is 2.31. The molecule has 1 atom stereocenters. The lowest BCUT2D eigenvalue weighted by Gasteiger charge is -2.10. The Morgan fingerprint density at radius 3 is 2.46 bits per heavy atom. The van der Waals surface area contributed by atoms with Gasteiger partial charge in [0, 0.05) is 26.9 Å². The molecule has 0 saturated heterocycles. The molecule has 1 aromatic heterocycles. The highest BCUT2D eigenvalue weighted by Crippen LogP contribution is 2.36. The van der Waals surface area contributed by atoms with E-state index in [1.54, 1.807) is 11.3 Å². The molecule has 0 amide bonds. The molecule has 74 valence electrons. The van der Waals surface area contributed by atoms with Crippen LogP contribution < -0.4 is 5.73 Å². The Hall–Kier alpha value is 0.100. The van der Waals surface area contributed by atoms with Crippen LogP contribution in [0.5, 0.6) is 0 Å². The van der Waals surface area contributed by atoms with Crippen molar-refractivity contribution in [1.29, 1.82) is 0 Å². The van der Waals surface area contributed by atoms with Crippen LogP contribution in [0.1, 0.15) is 27.8 Å². The Bertz CT molecular complexity index is 298. The molecule has 2 nitrogen and oxygen atoms in total. The van der Waals surface area contributed by atoms with Gasteiger partial charge in [-0.05, 0) is 41.8 Å². The van der Waals surface area contributed by atoms with E-state index in [9.17, 15) is 0 Å². The van der Waals surface area contributed by atoms with Crippen molar-refractivity contribution in [3.8, 4) is 0 Å². The van der Waals surface area contributed by atoms with Crippen molar-refractivity contribution in [2.45, 2.75) is 26.3 Å². The predicted octanol–water partition coefficient (Wildman–Crippen LogP) is 2.51. The molecular weight excluding hydrogens is 250 g/mol. The number of hydrogen-bond acceptors (Lipinski definition) is 3. The molecule has 1 unspecified atom stereocenters. The minimum absolute atomic E-state index is 0.0516. The molecule has 3 N–H and O–H groups in total. The van der Waals surface area contributed by atoms with Gasteiger partial charge in [0.1, 0.15) is 0 Å². The average molecular weight is 264 g/mol. The van der Waals surface area contributed by atoms with Crippen molar-refractivity contribution >= 4 is 27.3 Å². The summed E-state index contributed by atoms with van der Waals surface area (Å²) in [4.78, 5) is 2.49. The topological polar surface area (TPSA) is 46.2 Å². The van der Waals surface area contributed by atoms with Gasteiger partial charge in [-0.2, -0.15) is 0 Å². The molecule has 0 fully saturated rings. The molecule has 0 aliphatic carbocycles. The monoisotopic (exact) mass is 263 g/mol. The Labute approximate surface area is 90.9 Å². The second kappa shape index (κ2) is 4.55. The molecule has 0 aliphatic heterocycles. The zero-order valence-corrected chi connectivity index (χ0v) is 10.2. The van der Waals surface area contributed by atoms with Crippen LogP contribution in [-0.2, 0) is 0 Å². The van der Waals surface area contributed by atoms with Crippen molar-refractivity contribution in [3.63, 3.8) is 0 Å². The van der Waals surface area contributed by atoms with E-state index in [0.29, 0.717) is 6.42 Å². The highest BCUT2D eigenvalue weighted by atomic mass is 79.9. The number of aryl methyl sites for hydroxylation is 2. The summed E-state index contributed by atoms with van der Waals surface area (Å²) in [7, 11) is 0. The van der Waals surface area contributed by atoms with E-state index in [4.69, 9.17) is 10.8 Å². The van der Waals surface area contributed by atoms with Gasteiger partial charge in [-0.3, -0.25) is 0 Å². The second-order valence-corrected chi connectivity index (χ2v) is 5.28. The first-order valence-corrected chi connectivity index (χ1v) is 5.80. The van der Waals surface area contributed by atoms with Crippen LogP contribution in [0.3, 0.4) is 0 Å². The van der Waals surface area contributed by atoms with Crippen molar-refractivity contribution in [2.24, 2.45) is 5.73 Å². The number of halogens is 1. The molecule has 1 rings (SSSR count). The van der Waals surface area contributed by atoms with Gasteiger partial charge in [-0.25, -0.2) is 0 Å². The first-order chi connectivity index (χ1) is 6.07. The number of nitrogens with two attached hydrogens (primary N) is 1. The molecule has 0 aromatic carbocycles. The number of aliphatic hydroxyl groups is 1. The van der Waals surface area contributed by atoms with Gasteiger partial charge in [0.2, 0.25) is 0 Å². The summed E-state index contributed by atoms with van der Waals surface area (Å²) < 4.78 is 1.11. The summed E-state index contributed by atoms with van der Waals surface area (Å²) >= 11 is 5.26. The minimum Gasteiger partial charge on any atom is -0.396 e. The Kier molecular flexibility index (Phi) is 3.91. The van der Waals surface area contributed by atoms with E-state index in [1.165, 1.54) is 9.75 Å². The molecule has 0 bridgehead atoms. The van der Waals surface area contributed by atoms with E-state index in [-0.39, 0.29) is 12.6 Å². The molecule has 13 heavy (non-hydrogen) atoms. The van der Waals surface area contributed by atoms with Crippen LogP contribution in [0.25, 0.3) is 0 Å². The quantitative estimate of drug-likeness (QED) is 0.881. The second-order valence-electron chi connectivity index (χ2n) is 3.06. The normalized spacial score (nSPS) is 13.3. The molecule has 0 spiro atoms. The maximum Gasteiger partial charge on any atom is 0.0449 e. The lowest BCUT2D eigenvalue weighted by molar-refractivity contribution is 0.276. The highest BCUT2D eigenvalue weighted by Gasteiger charge is 2.16. The van der Waals surface area contributed by atoms with Crippen LogP contribution in [0.2, 0.25) is 0 Å². The largest absolute Gasteiger partial charge is 0.396 e. The van der Waals surface area contributed by atoms with Crippen molar-refractivity contribution in [1.82, 2.24) is 0 Å². The summed E-state index contributed by atoms with van der Waals surface area (Å²) in [6, 6.07) is -0.0516. The van der Waals surface area contributed by atoms with Gasteiger partial charge in [0.05, 0.1) is 0 Å². The minimum atomic E-state index is -0.0516. The van der Waals surface area contributed by atoms with Crippen LogP contribution in [0.4, 0.5) is 0 Å². The van der Waals surface area contributed by atoms with Gasteiger partial charge < -0.3 is 10.8 Å². The smallest absolute Gasteiger partial charge is 0.0449 e. The van der Waals surface area contributed by atoms with Gasteiger partial charge in [-0.15, -0.1) is 11.3 Å². The third-order valence-electron chi connectivity index (χ3n) is 2.04. The van der Waals surface area contributed by atoms with E-state index >= 15 is 0 Å². The molecule has 0 radical (unpaired) electrons. The lowest BCUT2D eigenvalue weighted by atomic mass is 10.1. The molecule has 1 aromatic rings. The molecule has 4 heteroatoms. The predicted molar refractivity (Wildman–Crippen MR) is 60.1 cm³/mol. The van der Waals surface area contributed by atoms with Gasteiger partial charge in [0.15, 0.2) is 0 Å². The summed E-state index contributed by atoms with van der Waals surface area (Å²) in [6.07, 6.45) is 0.621. The molecular formula is C9H14BrNOS. The van der Waals surface area contributed by atoms with Gasteiger partial charge in [0.25, 0.3) is 0 Å². The van der Waals surface area contributed by atoms with Crippen LogP contribution in [0.15, 0.2) is 4.47 Å². The van der Waals surface area contributed by atoms with Crippen molar-refractivity contribution in [2.75, 3.05) is 6.61 Å². The first-order valence-electron chi connectivity index (χ1n) is 4.19. The summed E-state index contributed by atoms with van der Waals surface area (Å²) in [5.41, 5.74) is 7.09. The van der Waals surface area contributed by atoms with Crippen LogP contribution >= 0.6 is 27.3 Å². The van der Waals surface area contributed by atoms with Crippen LogP contribution in [0, 0.1) is 13.8 Å². The summed E-state index contributed by atoms with van der Waals surface area (Å²) in [5, 5.41) is 8.79. The fourth-order valence-electron chi connectivity index (χ4n) is 1.38. The average Bonchev–Trinajstić information content (AvgIpc) is 2.27. The number of rotatable bonds is 3. The highest BCUT2D eigenvalue weighted by molar-refractivity contribution is 9.10. The molecule has 0 saturated carbocycles. The Morgan fingerprint density at radius 1 is 1.46 bits per heavy atom. The summed E-state index contributed by atoms with van der Waals surface area (Å²) in [6.45, 7) is 4.27. The third-order valence-corrected chi connectivity index (χ3v) is 4.36. The molecule has 0 aliphatic rings. The van der Waals surface area contributed by atoms with Gasteiger partial charge >= 0.3 is 0 Å². The Morgan fingerprint density at radius 2 is 2.08 bits per heavy atom. The first kappa shape index (κ1) is 11.2. The zero-order valence-electron chi connectivity index (χ0n) is 7.80. The number of thiophene rings is 1. The standard InChI is InChI=1S/C9H14BrNOS/c1-5-8(7(11)3-4-12)9(10)6(2)13-5/h7,12H,3-4,11H2,1-2H3. The Balaban J connectivity index is 2.98. The number of aliphatic hydroxyl groups excluding tert-OH is 1. The number of hydrogen-bond donors (Lipinski definition) is 2. The van der Waals surface area contributed by atoms with E-state index in [2.05, 4.69) is 29.8 Å². The van der Waals surface area contributed by atoms with Crippen LogP contribution in [-0.4, -0.2) is 11.7 Å². The maximum absolute atomic E-state index is 8.79. The fraction of sp³-hybridized carbons (Fsp3) is 0.556. The van der Waals surface area contributed by atoms with Gasteiger partial charge in [-0.1, -0.05) is 0 Å². The summed E-state index contributed by atoms with van der Waals surface area (Å²) in [5.74, 6) is 0. The van der Waals surface area contributed by atoms with E-state index in [1.807, 2.05) is 0 Å².